The third-order valence-corrected chi connectivity index (χ3v) is 5.45. The summed E-state index contributed by atoms with van der Waals surface area (Å²) in [7, 11) is 0. The molecule has 1 atom stereocenters. The van der Waals surface area contributed by atoms with Gasteiger partial charge in [0, 0.05) is 32.6 Å². The predicted octanol–water partition coefficient (Wildman–Crippen LogP) is 0.144. The van der Waals surface area contributed by atoms with Crippen molar-refractivity contribution in [2.75, 3.05) is 32.7 Å². The van der Waals surface area contributed by atoms with Crippen molar-refractivity contribution in [3.63, 3.8) is 0 Å². The molecule has 0 bridgehead atoms. The summed E-state index contributed by atoms with van der Waals surface area (Å²) < 4.78 is 0. The Bertz CT molecular complexity index is 671. The molecule has 2 saturated heterocycles. The maximum Gasteiger partial charge on any atom is 0.242 e. The van der Waals surface area contributed by atoms with Crippen molar-refractivity contribution in [3.05, 3.63) is 35.9 Å². The summed E-state index contributed by atoms with van der Waals surface area (Å²) >= 11 is 0. The standard InChI is InChI=1S/C20H28N4O3/c21-18(25)13-16-6-9-23(10-7-16)19(26)14-24-11-8-22-17(20(24)27)12-15-4-2-1-3-5-15/h1-5,16-17,22H,6-14H2,(H2,21,25). The largest absolute Gasteiger partial charge is 0.370 e. The van der Waals surface area contributed by atoms with E-state index in [1.165, 1.54) is 0 Å². The maximum atomic E-state index is 12.8. The number of benzene rings is 1. The number of rotatable bonds is 6. The highest BCUT2D eigenvalue weighted by atomic mass is 16.2. The van der Waals surface area contributed by atoms with Gasteiger partial charge in [0.1, 0.15) is 0 Å². The van der Waals surface area contributed by atoms with Gasteiger partial charge in [0.25, 0.3) is 0 Å². The van der Waals surface area contributed by atoms with Crippen LogP contribution in [0.4, 0.5) is 0 Å². The van der Waals surface area contributed by atoms with Crippen LogP contribution in [0.3, 0.4) is 0 Å². The SMILES string of the molecule is NC(=O)CC1CCN(C(=O)CN2CCNC(Cc3ccccc3)C2=O)CC1. The highest BCUT2D eigenvalue weighted by Crippen LogP contribution is 2.20. The fourth-order valence-corrected chi connectivity index (χ4v) is 3.89. The monoisotopic (exact) mass is 372 g/mol. The number of nitrogens with one attached hydrogen (secondary N) is 1. The lowest BCUT2D eigenvalue weighted by Crippen LogP contribution is -2.58. The normalized spacial score (nSPS) is 21.3. The van der Waals surface area contributed by atoms with E-state index in [0.29, 0.717) is 39.0 Å². The average Bonchev–Trinajstić information content (AvgIpc) is 2.66. The van der Waals surface area contributed by atoms with Crippen molar-refractivity contribution in [3.8, 4) is 0 Å². The molecule has 0 radical (unpaired) electrons. The average molecular weight is 372 g/mol. The molecule has 2 aliphatic heterocycles. The van der Waals surface area contributed by atoms with Gasteiger partial charge in [0.15, 0.2) is 0 Å². The lowest BCUT2D eigenvalue weighted by molar-refractivity contribution is -0.144. The molecular formula is C20H28N4O3. The first-order chi connectivity index (χ1) is 13.0. The number of hydrogen-bond acceptors (Lipinski definition) is 4. The zero-order valence-corrected chi connectivity index (χ0v) is 15.6. The van der Waals surface area contributed by atoms with Gasteiger partial charge in [-0.2, -0.15) is 0 Å². The molecule has 3 N–H and O–H groups in total. The van der Waals surface area contributed by atoms with Crippen LogP contribution in [-0.4, -0.2) is 66.3 Å². The quantitative estimate of drug-likeness (QED) is 0.743. The van der Waals surface area contributed by atoms with Gasteiger partial charge in [-0.05, 0) is 30.7 Å². The molecule has 0 aromatic heterocycles. The molecule has 146 valence electrons. The number of piperazine rings is 1. The van der Waals surface area contributed by atoms with E-state index < -0.39 is 0 Å². The third-order valence-electron chi connectivity index (χ3n) is 5.45. The van der Waals surface area contributed by atoms with E-state index in [2.05, 4.69) is 5.32 Å². The zero-order chi connectivity index (χ0) is 19.2. The highest BCUT2D eigenvalue weighted by Gasteiger charge is 2.31. The van der Waals surface area contributed by atoms with Gasteiger partial charge < -0.3 is 20.9 Å². The van der Waals surface area contributed by atoms with Gasteiger partial charge in [-0.15, -0.1) is 0 Å². The maximum absolute atomic E-state index is 12.8. The van der Waals surface area contributed by atoms with E-state index >= 15 is 0 Å². The summed E-state index contributed by atoms with van der Waals surface area (Å²) in [5, 5.41) is 3.26. The number of likely N-dealkylation sites (tertiary alicyclic amines) is 1. The van der Waals surface area contributed by atoms with Gasteiger partial charge in [0.05, 0.1) is 12.6 Å². The molecule has 7 heteroatoms. The first-order valence-electron chi connectivity index (χ1n) is 9.65. The Labute approximate surface area is 159 Å². The summed E-state index contributed by atoms with van der Waals surface area (Å²) in [5.74, 6) is -0.0402. The molecule has 0 aliphatic carbocycles. The first kappa shape index (κ1) is 19.4. The zero-order valence-electron chi connectivity index (χ0n) is 15.6. The lowest BCUT2D eigenvalue weighted by Gasteiger charge is -2.36. The van der Waals surface area contributed by atoms with Gasteiger partial charge >= 0.3 is 0 Å². The molecular weight excluding hydrogens is 344 g/mol. The molecule has 0 spiro atoms. The second-order valence-corrected chi connectivity index (χ2v) is 7.45. The number of carbonyl (C=O) groups excluding carboxylic acids is 3. The van der Waals surface area contributed by atoms with Gasteiger partial charge in [-0.25, -0.2) is 0 Å². The molecule has 1 aromatic carbocycles. The molecule has 1 unspecified atom stereocenters. The summed E-state index contributed by atoms with van der Waals surface area (Å²) in [4.78, 5) is 39.9. The summed E-state index contributed by atoms with van der Waals surface area (Å²) in [5.41, 5.74) is 6.36. The lowest BCUT2D eigenvalue weighted by atomic mass is 9.93. The summed E-state index contributed by atoms with van der Waals surface area (Å²) in [6.07, 6.45) is 2.60. The smallest absolute Gasteiger partial charge is 0.242 e. The van der Waals surface area contributed by atoms with Crippen molar-refractivity contribution in [2.45, 2.75) is 31.7 Å². The molecule has 2 fully saturated rings. The van der Waals surface area contributed by atoms with Crippen molar-refractivity contribution < 1.29 is 14.4 Å². The van der Waals surface area contributed by atoms with Crippen LogP contribution >= 0.6 is 0 Å². The molecule has 27 heavy (non-hydrogen) atoms. The first-order valence-corrected chi connectivity index (χ1v) is 9.65. The summed E-state index contributed by atoms with van der Waals surface area (Å²) in [6, 6.07) is 9.62. The molecule has 2 aliphatic rings. The Morgan fingerprint density at radius 1 is 1.11 bits per heavy atom. The van der Waals surface area contributed by atoms with Crippen LogP contribution in [-0.2, 0) is 20.8 Å². The third kappa shape index (κ3) is 5.29. The second-order valence-electron chi connectivity index (χ2n) is 7.45. The van der Waals surface area contributed by atoms with E-state index in [9.17, 15) is 14.4 Å². The molecule has 7 nitrogen and oxygen atoms in total. The van der Waals surface area contributed by atoms with Crippen LogP contribution in [0.5, 0.6) is 0 Å². The number of hydrogen-bond donors (Lipinski definition) is 2. The molecule has 3 amide bonds. The Morgan fingerprint density at radius 2 is 1.81 bits per heavy atom. The van der Waals surface area contributed by atoms with Crippen LogP contribution < -0.4 is 11.1 Å². The molecule has 3 rings (SSSR count). The number of nitrogens with zero attached hydrogens (tertiary/aromatic N) is 2. The highest BCUT2D eigenvalue weighted by molar-refractivity contribution is 5.88. The van der Waals surface area contributed by atoms with Crippen LogP contribution in [0.25, 0.3) is 0 Å². The molecule has 2 heterocycles. The number of primary amides is 1. The Hall–Kier alpha value is -2.41. The molecule has 0 saturated carbocycles. The van der Waals surface area contributed by atoms with Crippen LogP contribution in [0.1, 0.15) is 24.8 Å². The van der Waals surface area contributed by atoms with E-state index in [1.807, 2.05) is 30.3 Å². The van der Waals surface area contributed by atoms with Gasteiger partial charge in [0.2, 0.25) is 17.7 Å². The fraction of sp³-hybridized carbons (Fsp3) is 0.550. The van der Waals surface area contributed by atoms with Crippen molar-refractivity contribution in [1.29, 1.82) is 0 Å². The van der Waals surface area contributed by atoms with Crippen LogP contribution in [0.2, 0.25) is 0 Å². The van der Waals surface area contributed by atoms with E-state index in [4.69, 9.17) is 5.73 Å². The number of carbonyl (C=O) groups is 3. The fourth-order valence-electron chi connectivity index (χ4n) is 3.89. The summed E-state index contributed by atoms with van der Waals surface area (Å²) in [6.45, 7) is 2.63. The van der Waals surface area contributed by atoms with E-state index in [0.717, 1.165) is 18.4 Å². The van der Waals surface area contributed by atoms with Crippen molar-refractivity contribution >= 4 is 17.7 Å². The minimum absolute atomic E-state index is 0.0120. The van der Waals surface area contributed by atoms with Crippen LogP contribution in [0, 0.1) is 5.92 Å². The number of piperidine rings is 1. The van der Waals surface area contributed by atoms with E-state index in [1.54, 1.807) is 9.80 Å². The van der Waals surface area contributed by atoms with E-state index in [-0.39, 0.29) is 36.2 Å². The van der Waals surface area contributed by atoms with Crippen molar-refractivity contribution in [1.82, 2.24) is 15.1 Å². The van der Waals surface area contributed by atoms with Gasteiger partial charge in [-0.3, -0.25) is 14.4 Å². The minimum atomic E-state index is -0.282. The minimum Gasteiger partial charge on any atom is -0.370 e. The topological polar surface area (TPSA) is 95.7 Å². The predicted molar refractivity (Wildman–Crippen MR) is 102 cm³/mol. The van der Waals surface area contributed by atoms with Crippen molar-refractivity contribution in [2.24, 2.45) is 11.7 Å². The Balaban J connectivity index is 1.50. The second kappa shape index (κ2) is 8.99. The Morgan fingerprint density at radius 3 is 2.48 bits per heavy atom. The van der Waals surface area contributed by atoms with Gasteiger partial charge in [-0.1, -0.05) is 30.3 Å². The molecule has 1 aromatic rings. The van der Waals surface area contributed by atoms with Crippen LogP contribution in [0.15, 0.2) is 30.3 Å². The number of amides is 3. The Kier molecular flexibility index (Phi) is 6.45. The number of nitrogens with two attached hydrogens (primary N) is 1.